The van der Waals surface area contributed by atoms with Crippen LogP contribution in [0.2, 0.25) is 0 Å². The van der Waals surface area contributed by atoms with E-state index in [0.29, 0.717) is 6.42 Å². The molecule has 1 fully saturated rings. The molecule has 1 saturated heterocycles. The predicted octanol–water partition coefficient (Wildman–Crippen LogP) is 4.23. The fraction of sp³-hybridized carbons (Fsp3) is 0.611. The molecule has 108 valence electrons. The number of rotatable bonds is 3. The maximum absolute atomic E-state index is 9.18. The van der Waals surface area contributed by atoms with Crippen LogP contribution in [0.5, 0.6) is 0 Å². The molecule has 1 aromatic carbocycles. The Morgan fingerprint density at radius 2 is 1.75 bits per heavy atom. The summed E-state index contributed by atoms with van der Waals surface area (Å²) in [6.07, 6.45) is 2.96. The molecule has 0 saturated carbocycles. The first-order chi connectivity index (χ1) is 9.47. The number of hydrogen-bond donors (Lipinski definition) is 0. The molecule has 2 heteroatoms. The zero-order valence-corrected chi connectivity index (χ0v) is 13.0. The van der Waals surface area contributed by atoms with E-state index in [4.69, 9.17) is 0 Å². The first kappa shape index (κ1) is 15.1. The van der Waals surface area contributed by atoms with Crippen molar-refractivity contribution in [3.63, 3.8) is 0 Å². The summed E-state index contributed by atoms with van der Waals surface area (Å²) < 4.78 is 0. The third kappa shape index (κ3) is 3.22. The molecule has 0 aliphatic carbocycles. The summed E-state index contributed by atoms with van der Waals surface area (Å²) in [4.78, 5) is 2.52. The van der Waals surface area contributed by atoms with Gasteiger partial charge in [0, 0.05) is 13.0 Å². The van der Waals surface area contributed by atoms with E-state index in [0.717, 1.165) is 32.5 Å². The van der Waals surface area contributed by atoms with Crippen LogP contribution >= 0.6 is 0 Å². The van der Waals surface area contributed by atoms with Crippen LogP contribution in [0, 0.1) is 22.2 Å². The van der Waals surface area contributed by atoms with Crippen molar-refractivity contribution in [3.8, 4) is 6.07 Å². The average molecular weight is 270 g/mol. The smallest absolute Gasteiger partial charge is 0.0627 e. The summed E-state index contributed by atoms with van der Waals surface area (Å²) in [5, 5.41) is 9.18. The van der Waals surface area contributed by atoms with Gasteiger partial charge in [-0.2, -0.15) is 5.26 Å². The molecular weight excluding hydrogens is 244 g/mol. The van der Waals surface area contributed by atoms with Crippen molar-refractivity contribution < 1.29 is 0 Å². The van der Waals surface area contributed by atoms with E-state index in [1.165, 1.54) is 5.56 Å². The highest BCUT2D eigenvalue weighted by atomic mass is 15.1. The fourth-order valence-electron chi connectivity index (χ4n) is 3.32. The Labute approximate surface area is 123 Å². The van der Waals surface area contributed by atoms with Crippen LogP contribution in [-0.4, -0.2) is 18.0 Å². The summed E-state index contributed by atoms with van der Waals surface area (Å²) in [5.41, 5.74) is 1.78. The molecule has 0 amide bonds. The SMILES string of the molecule is CC(C)(C)C1(CC#N)CCN(Cc2ccccc2)CC1. The lowest BCUT2D eigenvalue weighted by atomic mass is 9.60. The Morgan fingerprint density at radius 3 is 2.25 bits per heavy atom. The van der Waals surface area contributed by atoms with Crippen molar-refractivity contribution in [1.82, 2.24) is 4.90 Å². The van der Waals surface area contributed by atoms with Gasteiger partial charge in [0.1, 0.15) is 0 Å². The molecule has 0 aromatic heterocycles. The molecule has 0 N–H and O–H groups in total. The van der Waals surface area contributed by atoms with Gasteiger partial charge in [-0.3, -0.25) is 4.90 Å². The third-order valence-corrected chi connectivity index (χ3v) is 5.07. The summed E-state index contributed by atoms with van der Waals surface area (Å²) in [6, 6.07) is 13.1. The van der Waals surface area contributed by atoms with Gasteiger partial charge in [-0.05, 0) is 42.3 Å². The molecule has 0 spiro atoms. The van der Waals surface area contributed by atoms with Crippen molar-refractivity contribution >= 4 is 0 Å². The monoisotopic (exact) mass is 270 g/mol. The molecule has 2 rings (SSSR count). The van der Waals surface area contributed by atoms with Crippen LogP contribution in [0.25, 0.3) is 0 Å². The highest BCUT2D eigenvalue weighted by molar-refractivity contribution is 5.14. The van der Waals surface area contributed by atoms with Crippen molar-refractivity contribution in [2.45, 2.75) is 46.6 Å². The number of piperidine rings is 1. The topological polar surface area (TPSA) is 27.0 Å². The molecular formula is C18H26N2. The van der Waals surface area contributed by atoms with Gasteiger partial charge in [-0.25, -0.2) is 0 Å². The molecule has 0 radical (unpaired) electrons. The predicted molar refractivity (Wildman–Crippen MR) is 83.1 cm³/mol. The van der Waals surface area contributed by atoms with Crippen LogP contribution in [-0.2, 0) is 6.54 Å². The number of likely N-dealkylation sites (tertiary alicyclic amines) is 1. The molecule has 1 aromatic rings. The summed E-state index contributed by atoms with van der Waals surface area (Å²) in [7, 11) is 0. The van der Waals surface area contributed by atoms with Crippen molar-refractivity contribution in [3.05, 3.63) is 35.9 Å². The second kappa shape index (κ2) is 5.97. The summed E-state index contributed by atoms with van der Waals surface area (Å²) in [6.45, 7) is 10.1. The number of nitrogens with zero attached hydrogens (tertiary/aromatic N) is 2. The Kier molecular flexibility index (Phi) is 4.50. The first-order valence-corrected chi connectivity index (χ1v) is 7.60. The van der Waals surface area contributed by atoms with Crippen molar-refractivity contribution in [2.24, 2.45) is 10.8 Å². The van der Waals surface area contributed by atoms with Gasteiger partial charge < -0.3 is 0 Å². The van der Waals surface area contributed by atoms with Crippen molar-refractivity contribution in [2.75, 3.05) is 13.1 Å². The van der Waals surface area contributed by atoms with Gasteiger partial charge in [0.2, 0.25) is 0 Å². The number of nitriles is 1. The molecule has 2 nitrogen and oxygen atoms in total. The van der Waals surface area contributed by atoms with Crippen LogP contribution in [0.3, 0.4) is 0 Å². The van der Waals surface area contributed by atoms with E-state index in [1.54, 1.807) is 0 Å². The lowest BCUT2D eigenvalue weighted by Gasteiger charge is -2.49. The van der Waals surface area contributed by atoms with Gasteiger partial charge >= 0.3 is 0 Å². The Hall–Kier alpha value is -1.33. The quantitative estimate of drug-likeness (QED) is 0.822. The van der Waals surface area contributed by atoms with Gasteiger partial charge in [0.25, 0.3) is 0 Å². The molecule has 1 aliphatic heterocycles. The maximum atomic E-state index is 9.18. The Balaban J connectivity index is 1.99. The minimum absolute atomic E-state index is 0.189. The van der Waals surface area contributed by atoms with Crippen molar-refractivity contribution in [1.29, 1.82) is 5.26 Å². The lowest BCUT2D eigenvalue weighted by Crippen LogP contribution is -2.46. The molecule has 1 heterocycles. The van der Waals surface area contributed by atoms with Crippen LogP contribution < -0.4 is 0 Å². The molecule has 1 aliphatic rings. The third-order valence-electron chi connectivity index (χ3n) is 5.07. The second-order valence-electron chi connectivity index (χ2n) is 7.13. The Bertz CT molecular complexity index is 456. The first-order valence-electron chi connectivity index (χ1n) is 7.60. The molecule has 0 unspecified atom stereocenters. The van der Waals surface area contributed by atoms with Gasteiger partial charge in [-0.15, -0.1) is 0 Å². The zero-order valence-electron chi connectivity index (χ0n) is 13.0. The molecule has 20 heavy (non-hydrogen) atoms. The Morgan fingerprint density at radius 1 is 1.15 bits per heavy atom. The largest absolute Gasteiger partial charge is 0.299 e. The van der Waals surface area contributed by atoms with E-state index in [9.17, 15) is 5.26 Å². The minimum atomic E-state index is 0.189. The van der Waals surface area contributed by atoms with Crippen LogP contribution in [0.1, 0.15) is 45.6 Å². The average Bonchev–Trinajstić information content (AvgIpc) is 2.41. The lowest BCUT2D eigenvalue weighted by molar-refractivity contribution is 0.00711. The highest BCUT2D eigenvalue weighted by Gasteiger charge is 2.43. The summed E-state index contributed by atoms with van der Waals surface area (Å²) >= 11 is 0. The summed E-state index contributed by atoms with van der Waals surface area (Å²) in [5.74, 6) is 0. The normalized spacial score (nSPS) is 19.5. The van der Waals surface area contributed by atoms with Gasteiger partial charge in [0.15, 0.2) is 0 Å². The highest BCUT2D eigenvalue weighted by Crippen LogP contribution is 2.49. The fourth-order valence-corrected chi connectivity index (χ4v) is 3.32. The molecule has 0 bridgehead atoms. The number of hydrogen-bond acceptors (Lipinski definition) is 2. The van der Waals surface area contributed by atoms with Gasteiger partial charge in [0.05, 0.1) is 6.07 Å². The minimum Gasteiger partial charge on any atom is -0.299 e. The van der Waals surface area contributed by atoms with E-state index >= 15 is 0 Å². The zero-order chi connectivity index (χ0) is 14.6. The van der Waals surface area contributed by atoms with Crippen LogP contribution in [0.15, 0.2) is 30.3 Å². The maximum Gasteiger partial charge on any atom is 0.0627 e. The number of benzene rings is 1. The van der Waals surface area contributed by atoms with E-state index < -0.39 is 0 Å². The second-order valence-corrected chi connectivity index (χ2v) is 7.13. The van der Waals surface area contributed by atoms with E-state index in [-0.39, 0.29) is 10.8 Å². The van der Waals surface area contributed by atoms with Crippen LogP contribution in [0.4, 0.5) is 0 Å². The standard InChI is InChI=1S/C18H26N2/c1-17(2,3)18(9-12-19)10-13-20(14-11-18)15-16-7-5-4-6-8-16/h4-8H,9-11,13-15H2,1-3H3. The van der Waals surface area contributed by atoms with E-state index in [1.807, 2.05) is 0 Å². The molecule has 0 atom stereocenters. The van der Waals surface area contributed by atoms with E-state index in [2.05, 4.69) is 62.1 Å². The van der Waals surface area contributed by atoms with Gasteiger partial charge in [-0.1, -0.05) is 51.1 Å².